The number of hydrogen-bond acceptors (Lipinski definition) is 3. The third-order valence-corrected chi connectivity index (χ3v) is 6.20. The monoisotopic (exact) mass is 432 g/mol. The van der Waals surface area contributed by atoms with E-state index in [-0.39, 0.29) is 11.9 Å². The van der Waals surface area contributed by atoms with Gasteiger partial charge in [-0.25, -0.2) is 8.42 Å². The van der Waals surface area contributed by atoms with E-state index in [1.165, 1.54) is 6.08 Å². The first kappa shape index (κ1) is 20.9. The van der Waals surface area contributed by atoms with Crippen molar-refractivity contribution in [2.45, 2.75) is 18.9 Å². The predicted octanol–water partition coefficient (Wildman–Crippen LogP) is 4.98. The minimum Gasteiger partial charge on any atom is -0.345 e. The van der Waals surface area contributed by atoms with Crippen molar-refractivity contribution < 1.29 is 13.2 Å². The number of hydrogen-bond donors (Lipinski definition) is 2. The Morgan fingerprint density at radius 2 is 1.48 bits per heavy atom. The van der Waals surface area contributed by atoms with E-state index in [0.717, 1.165) is 29.4 Å². The number of carbonyl (C=O) groups excluding carboxylic acids is 1. The minimum atomic E-state index is -3.66. The lowest BCUT2D eigenvalue weighted by molar-refractivity contribution is 0.0931. The molecule has 1 aliphatic carbocycles. The molecule has 5 nitrogen and oxygen atoms in total. The van der Waals surface area contributed by atoms with Crippen molar-refractivity contribution in [1.29, 1.82) is 0 Å². The first-order valence-corrected chi connectivity index (χ1v) is 11.8. The van der Waals surface area contributed by atoms with Crippen molar-refractivity contribution in [3.63, 3.8) is 0 Å². The van der Waals surface area contributed by atoms with E-state index < -0.39 is 10.0 Å². The number of nitrogens with one attached hydrogen (secondary N) is 2. The molecule has 2 N–H and O–H groups in total. The maximum atomic E-state index is 12.8. The largest absolute Gasteiger partial charge is 0.345 e. The van der Waals surface area contributed by atoms with E-state index in [0.29, 0.717) is 17.2 Å². The first-order valence-electron chi connectivity index (χ1n) is 10.2. The Hall–Kier alpha value is -3.38. The molecule has 3 aromatic rings. The Morgan fingerprint density at radius 3 is 2.10 bits per heavy atom. The summed E-state index contributed by atoms with van der Waals surface area (Å²) in [5.74, 6) is 0.299. The van der Waals surface area contributed by atoms with E-state index in [1.807, 2.05) is 60.7 Å². The molecule has 0 aliphatic heterocycles. The van der Waals surface area contributed by atoms with Crippen LogP contribution in [0.15, 0.2) is 90.3 Å². The summed E-state index contributed by atoms with van der Waals surface area (Å²) in [6.45, 7) is 0. The number of benzene rings is 3. The van der Waals surface area contributed by atoms with Crippen LogP contribution in [0.2, 0.25) is 0 Å². The standard InChI is InChI=1S/C25H24N2O3S/c28-25(26-24(21-11-12-21)20-9-5-2-6-10-20)22-13-15-23(16-14-22)27-31(29,30)18-17-19-7-3-1-4-8-19/h1-10,13-18,21,24,27H,11-12H2,(H,26,28)/b18-17+. The van der Waals surface area contributed by atoms with E-state index in [1.54, 1.807) is 24.3 Å². The topological polar surface area (TPSA) is 75.3 Å². The third-order valence-electron chi connectivity index (χ3n) is 5.19. The molecule has 1 amide bonds. The van der Waals surface area contributed by atoms with Gasteiger partial charge in [-0.2, -0.15) is 0 Å². The molecule has 1 aliphatic rings. The molecule has 6 heteroatoms. The Morgan fingerprint density at radius 1 is 0.871 bits per heavy atom. The number of carbonyl (C=O) groups is 1. The van der Waals surface area contributed by atoms with Crippen LogP contribution in [0, 0.1) is 5.92 Å². The fourth-order valence-electron chi connectivity index (χ4n) is 3.41. The quantitative estimate of drug-likeness (QED) is 0.527. The molecule has 0 radical (unpaired) electrons. The molecule has 1 atom stereocenters. The van der Waals surface area contributed by atoms with E-state index in [2.05, 4.69) is 10.0 Å². The lowest BCUT2D eigenvalue weighted by atomic mass is 10.0. The molecule has 0 aromatic heterocycles. The van der Waals surface area contributed by atoms with Gasteiger partial charge in [0.1, 0.15) is 0 Å². The van der Waals surface area contributed by atoms with Gasteiger partial charge in [0.15, 0.2) is 0 Å². The summed E-state index contributed by atoms with van der Waals surface area (Å²) in [7, 11) is -3.66. The van der Waals surface area contributed by atoms with Crippen LogP contribution < -0.4 is 10.0 Å². The van der Waals surface area contributed by atoms with Gasteiger partial charge in [0.25, 0.3) is 15.9 Å². The lowest BCUT2D eigenvalue weighted by Crippen LogP contribution is -2.29. The summed E-state index contributed by atoms with van der Waals surface area (Å²) < 4.78 is 27.1. The summed E-state index contributed by atoms with van der Waals surface area (Å²) in [5.41, 5.74) is 2.79. The van der Waals surface area contributed by atoms with Crippen LogP contribution in [0.3, 0.4) is 0 Å². The Kier molecular flexibility index (Phi) is 6.18. The summed E-state index contributed by atoms with van der Waals surface area (Å²) in [4.78, 5) is 12.8. The average molecular weight is 433 g/mol. The van der Waals surface area contributed by atoms with Crippen LogP contribution in [-0.4, -0.2) is 14.3 Å². The van der Waals surface area contributed by atoms with Crippen molar-refractivity contribution in [2.24, 2.45) is 5.92 Å². The summed E-state index contributed by atoms with van der Waals surface area (Å²) in [6.07, 6.45) is 3.75. The smallest absolute Gasteiger partial charge is 0.255 e. The number of amides is 1. The molecular formula is C25H24N2O3S. The van der Waals surface area contributed by atoms with Gasteiger partial charge in [-0.1, -0.05) is 60.7 Å². The molecule has 158 valence electrons. The predicted molar refractivity (Wildman–Crippen MR) is 124 cm³/mol. The Labute approximate surface area is 182 Å². The van der Waals surface area contributed by atoms with E-state index >= 15 is 0 Å². The molecule has 31 heavy (non-hydrogen) atoms. The van der Waals surface area contributed by atoms with Crippen LogP contribution in [-0.2, 0) is 10.0 Å². The van der Waals surface area contributed by atoms with E-state index in [9.17, 15) is 13.2 Å². The first-order chi connectivity index (χ1) is 15.0. The van der Waals surface area contributed by atoms with Crippen molar-refractivity contribution in [2.75, 3.05) is 4.72 Å². The molecule has 4 rings (SSSR count). The molecular weight excluding hydrogens is 408 g/mol. The van der Waals surface area contributed by atoms with Gasteiger partial charge in [-0.15, -0.1) is 0 Å². The fourth-order valence-corrected chi connectivity index (χ4v) is 4.28. The highest BCUT2D eigenvalue weighted by Crippen LogP contribution is 2.41. The second-order valence-corrected chi connectivity index (χ2v) is 9.20. The Balaban J connectivity index is 1.40. The zero-order chi connectivity index (χ0) is 21.7. The zero-order valence-corrected chi connectivity index (χ0v) is 17.8. The van der Waals surface area contributed by atoms with Crippen molar-refractivity contribution in [1.82, 2.24) is 5.32 Å². The van der Waals surface area contributed by atoms with Crippen LogP contribution in [0.5, 0.6) is 0 Å². The highest BCUT2D eigenvalue weighted by molar-refractivity contribution is 7.95. The summed E-state index contributed by atoms with van der Waals surface area (Å²) in [6, 6.07) is 25.6. The van der Waals surface area contributed by atoms with Gasteiger partial charge in [0, 0.05) is 11.3 Å². The maximum absolute atomic E-state index is 12.8. The summed E-state index contributed by atoms with van der Waals surface area (Å²) in [5, 5.41) is 4.26. The molecule has 1 saturated carbocycles. The van der Waals surface area contributed by atoms with Crippen molar-refractivity contribution in [3.8, 4) is 0 Å². The molecule has 1 unspecified atom stereocenters. The molecule has 0 spiro atoms. The van der Waals surface area contributed by atoms with Gasteiger partial charge >= 0.3 is 0 Å². The highest BCUT2D eigenvalue weighted by Gasteiger charge is 2.33. The van der Waals surface area contributed by atoms with Gasteiger partial charge in [-0.05, 0) is 60.2 Å². The van der Waals surface area contributed by atoms with Gasteiger partial charge < -0.3 is 5.32 Å². The minimum absolute atomic E-state index is 0.00463. The molecule has 0 saturated heterocycles. The normalized spacial score (nSPS) is 14.8. The van der Waals surface area contributed by atoms with Gasteiger partial charge in [-0.3, -0.25) is 9.52 Å². The van der Waals surface area contributed by atoms with Gasteiger partial charge in [0.2, 0.25) is 0 Å². The third kappa shape index (κ3) is 5.83. The summed E-state index contributed by atoms with van der Waals surface area (Å²) >= 11 is 0. The number of sulfonamides is 1. The van der Waals surface area contributed by atoms with Crippen LogP contribution in [0.25, 0.3) is 6.08 Å². The van der Waals surface area contributed by atoms with Crippen LogP contribution >= 0.6 is 0 Å². The van der Waals surface area contributed by atoms with E-state index in [4.69, 9.17) is 0 Å². The molecule has 0 bridgehead atoms. The van der Waals surface area contributed by atoms with Gasteiger partial charge in [0.05, 0.1) is 11.4 Å². The Bertz CT molecular complexity index is 1150. The lowest BCUT2D eigenvalue weighted by Gasteiger charge is -2.19. The number of rotatable bonds is 8. The fraction of sp³-hybridized carbons (Fsp3) is 0.160. The van der Waals surface area contributed by atoms with Crippen LogP contribution in [0.1, 0.15) is 40.4 Å². The second-order valence-electron chi connectivity index (χ2n) is 7.64. The molecule has 0 heterocycles. The second kappa shape index (κ2) is 9.18. The highest BCUT2D eigenvalue weighted by atomic mass is 32.2. The number of anilines is 1. The maximum Gasteiger partial charge on any atom is 0.255 e. The average Bonchev–Trinajstić information content (AvgIpc) is 3.63. The van der Waals surface area contributed by atoms with Crippen molar-refractivity contribution in [3.05, 3.63) is 107 Å². The van der Waals surface area contributed by atoms with Crippen LogP contribution in [0.4, 0.5) is 5.69 Å². The molecule has 3 aromatic carbocycles. The zero-order valence-electron chi connectivity index (χ0n) is 16.9. The molecule has 1 fully saturated rings. The SMILES string of the molecule is O=C(NC(c1ccccc1)C1CC1)c1ccc(NS(=O)(=O)/C=C/c2ccccc2)cc1. The van der Waals surface area contributed by atoms with Crippen molar-refractivity contribution >= 4 is 27.7 Å².